The number of hydrogen-bond acceptors (Lipinski definition) is 2. The van der Waals surface area contributed by atoms with Gasteiger partial charge in [-0.3, -0.25) is 0 Å². The summed E-state index contributed by atoms with van der Waals surface area (Å²) in [5.74, 6) is 0.789. The van der Waals surface area contributed by atoms with Crippen molar-refractivity contribution in [2.24, 2.45) is 5.92 Å². The Hall–Kier alpha value is -0.540. The van der Waals surface area contributed by atoms with Gasteiger partial charge in [0.1, 0.15) is 0 Å². The highest BCUT2D eigenvalue weighted by Crippen LogP contribution is 2.35. The SMILES string of the molecule is CNC(C)c1ccc(Br)cc1N1CC(C)CC1C. The minimum absolute atomic E-state index is 0.385. The van der Waals surface area contributed by atoms with E-state index in [1.54, 1.807) is 0 Å². The molecule has 1 aromatic rings. The molecule has 1 aliphatic heterocycles. The zero-order valence-electron chi connectivity index (χ0n) is 11.7. The molecule has 1 aromatic carbocycles. The molecule has 18 heavy (non-hydrogen) atoms. The fourth-order valence-electron chi connectivity index (χ4n) is 2.92. The van der Waals surface area contributed by atoms with Crippen LogP contribution in [0, 0.1) is 5.92 Å². The molecule has 2 rings (SSSR count). The lowest BCUT2D eigenvalue weighted by molar-refractivity contribution is 0.624. The maximum Gasteiger partial charge on any atom is 0.0428 e. The molecule has 1 aliphatic rings. The number of nitrogens with one attached hydrogen (secondary N) is 1. The van der Waals surface area contributed by atoms with Crippen molar-refractivity contribution in [1.29, 1.82) is 0 Å². The minimum atomic E-state index is 0.385. The van der Waals surface area contributed by atoms with E-state index in [0.29, 0.717) is 12.1 Å². The van der Waals surface area contributed by atoms with Gasteiger partial charge in [-0.1, -0.05) is 28.9 Å². The second kappa shape index (κ2) is 5.62. The molecule has 0 amide bonds. The number of halogens is 1. The van der Waals surface area contributed by atoms with Gasteiger partial charge in [0.2, 0.25) is 0 Å². The highest BCUT2D eigenvalue weighted by Gasteiger charge is 2.28. The Labute approximate surface area is 119 Å². The lowest BCUT2D eigenvalue weighted by atomic mass is 10.0. The second-order valence-corrected chi connectivity index (χ2v) is 6.47. The van der Waals surface area contributed by atoms with Crippen molar-refractivity contribution in [3.05, 3.63) is 28.2 Å². The van der Waals surface area contributed by atoms with Crippen LogP contribution in [0.25, 0.3) is 0 Å². The van der Waals surface area contributed by atoms with Gasteiger partial charge in [0.25, 0.3) is 0 Å². The Morgan fingerprint density at radius 3 is 2.67 bits per heavy atom. The normalized spacial score (nSPS) is 25.5. The third-order valence-corrected chi connectivity index (χ3v) is 4.48. The summed E-state index contributed by atoms with van der Waals surface area (Å²) in [6.45, 7) is 8.06. The van der Waals surface area contributed by atoms with Crippen LogP contribution in [-0.2, 0) is 0 Å². The smallest absolute Gasteiger partial charge is 0.0428 e. The van der Waals surface area contributed by atoms with Gasteiger partial charge in [-0.05, 0) is 50.9 Å². The highest BCUT2D eigenvalue weighted by molar-refractivity contribution is 9.10. The fraction of sp³-hybridized carbons (Fsp3) is 0.600. The van der Waals surface area contributed by atoms with Gasteiger partial charge in [0.15, 0.2) is 0 Å². The Bertz CT molecular complexity index is 419. The molecular weight excluding hydrogens is 288 g/mol. The van der Waals surface area contributed by atoms with Crippen LogP contribution >= 0.6 is 15.9 Å². The van der Waals surface area contributed by atoms with Crippen LogP contribution in [0.3, 0.4) is 0 Å². The molecule has 3 unspecified atom stereocenters. The lowest BCUT2D eigenvalue weighted by Gasteiger charge is -2.28. The van der Waals surface area contributed by atoms with Gasteiger partial charge in [-0.2, -0.15) is 0 Å². The van der Waals surface area contributed by atoms with Crippen LogP contribution in [0.15, 0.2) is 22.7 Å². The zero-order chi connectivity index (χ0) is 13.3. The van der Waals surface area contributed by atoms with Crippen molar-refractivity contribution in [3.63, 3.8) is 0 Å². The molecular formula is C15H23BrN2. The van der Waals surface area contributed by atoms with Gasteiger partial charge in [-0.15, -0.1) is 0 Å². The van der Waals surface area contributed by atoms with Gasteiger partial charge in [0.05, 0.1) is 0 Å². The minimum Gasteiger partial charge on any atom is -0.368 e. The maximum atomic E-state index is 3.60. The number of rotatable bonds is 3. The van der Waals surface area contributed by atoms with Crippen molar-refractivity contribution in [1.82, 2.24) is 5.32 Å². The van der Waals surface area contributed by atoms with Crippen LogP contribution in [0.1, 0.15) is 38.8 Å². The molecule has 0 spiro atoms. The number of hydrogen-bond donors (Lipinski definition) is 1. The summed E-state index contributed by atoms with van der Waals surface area (Å²) in [5, 5.41) is 3.35. The topological polar surface area (TPSA) is 15.3 Å². The first-order chi connectivity index (χ1) is 8.52. The van der Waals surface area contributed by atoms with Gasteiger partial charge in [-0.25, -0.2) is 0 Å². The summed E-state index contributed by atoms with van der Waals surface area (Å²) in [7, 11) is 2.02. The predicted molar refractivity (Wildman–Crippen MR) is 82.2 cm³/mol. The van der Waals surface area contributed by atoms with Crippen LogP contribution in [0.2, 0.25) is 0 Å². The molecule has 3 heteroatoms. The van der Waals surface area contributed by atoms with Crippen LogP contribution in [-0.4, -0.2) is 19.6 Å². The van der Waals surface area contributed by atoms with E-state index >= 15 is 0 Å². The highest BCUT2D eigenvalue weighted by atomic mass is 79.9. The molecule has 1 saturated heterocycles. The van der Waals surface area contributed by atoms with Crippen molar-refractivity contribution >= 4 is 21.6 Å². The average molecular weight is 311 g/mol. The lowest BCUT2D eigenvalue weighted by Crippen LogP contribution is -2.29. The Kier molecular flexibility index (Phi) is 4.33. The maximum absolute atomic E-state index is 3.60. The Morgan fingerprint density at radius 1 is 1.39 bits per heavy atom. The monoisotopic (exact) mass is 310 g/mol. The molecule has 1 fully saturated rings. The van der Waals surface area contributed by atoms with E-state index in [2.05, 4.69) is 65.1 Å². The van der Waals surface area contributed by atoms with E-state index in [1.165, 1.54) is 24.2 Å². The van der Waals surface area contributed by atoms with Gasteiger partial charge in [0, 0.05) is 28.8 Å². The third kappa shape index (κ3) is 2.72. The van der Waals surface area contributed by atoms with Crippen LogP contribution < -0.4 is 10.2 Å². The van der Waals surface area contributed by atoms with Crippen molar-refractivity contribution in [2.75, 3.05) is 18.5 Å². The second-order valence-electron chi connectivity index (χ2n) is 5.56. The summed E-state index contributed by atoms with van der Waals surface area (Å²) < 4.78 is 1.16. The molecule has 0 aromatic heterocycles. The molecule has 1 N–H and O–H groups in total. The summed E-state index contributed by atoms with van der Waals surface area (Å²) >= 11 is 3.60. The van der Waals surface area contributed by atoms with E-state index in [1.807, 2.05) is 7.05 Å². The molecule has 0 aliphatic carbocycles. The first-order valence-corrected chi connectivity index (χ1v) is 7.55. The Balaban J connectivity index is 2.38. The summed E-state index contributed by atoms with van der Waals surface area (Å²) in [6, 6.07) is 7.65. The van der Waals surface area contributed by atoms with Crippen molar-refractivity contribution in [3.8, 4) is 0 Å². The quantitative estimate of drug-likeness (QED) is 0.909. The van der Waals surface area contributed by atoms with E-state index in [9.17, 15) is 0 Å². The van der Waals surface area contributed by atoms with Crippen LogP contribution in [0.5, 0.6) is 0 Å². The molecule has 3 atom stereocenters. The number of benzene rings is 1. The summed E-state index contributed by atoms with van der Waals surface area (Å²) in [4.78, 5) is 2.55. The Morgan fingerprint density at radius 2 is 2.11 bits per heavy atom. The number of nitrogens with zero attached hydrogens (tertiary/aromatic N) is 1. The summed E-state index contributed by atoms with van der Waals surface area (Å²) in [6.07, 6.45) is 1.29. The molecule has 1 heterocycles. The van der Waals surface area contributed by atoms with Crippen LogP contribution in [0.4, 0.5) is 5.69 Å². The van der Waals surface area contributed by atoms with E-state index in [4.69, 9.17) is 0 Å². The largest absolute Gasteiger partial charge is 0.368 e. The van der Waals surface area contributed by atoms with Gasteiger partial charge < -0.3 is 10.2 Å². The number of anilines is 1. The molecule has 100 valence electrons. The first kappa shape index (κ1) is 13.9. The summed E-state index contributed by atoms with van der Waals surface area (Å²) in [5.41, 5.74) is 2.77. The third-order valence-electron chi connectivity index (χ3n) is 3.99. The fourth-order valence-corrected chi connectivity index (χ4v) is 3.27. The molecule has 0 radical (unpaired) electrons. The molecule has 2 nitrogen and oxygen atoms in total. The van der Waals surface area contributed by atoms with E-state index < -0.39 is 0 Å². The van der Waals surface area contributed by atoms with Crippen molar-refractivity contribution in [2.45, 2.75) is 39.3 Å². The molecule has 0 saturated carbocycles. The standard InChI is InChI=1S/C15H23BrN2/c1-10-7-11(2)18(9-10)15-8-13(16)5-6-14(15)12(3)17-4/h5-6,8,10-12,17H,7,9H2,1-4H3. The average Bonchev–Trinajstić information content (AvgIpc) is 2.67. The predicted octanol–water partition coefficient (Wildman–Crippen LogP) is 3.96. The molecule has 0 bridgehead atoms. The van der Waals surface area contributed by atoms with E-state index in [-0.39, 0.29) is 0 Å². The van der Waals surface area contributed by atoms with Gasteiger partial charge >= 0.3 is 0 Å². The first-order valence-electron chi connectivity index (χ1n) is 6.76. The van der Waals surface area contributed by atoms with Crippen molar-refractivity contribution < 1.29 is 0 Å². The zero-order valence-corrected chi connectivity index (χ0v) is 13.3. The van der Waals surface area contributed by atoms with E-state index in [0.717, 1.165) is 10.4 Å².